The monoisotopic (exact) mass is 398 g/mol. The molecule has 0 atom stereocenters. The van der Waals surface area contributed by atoms with E-state index in [1.54, 1.807) is 31.2 Å². The fraction of sp³-hybridized carbons (Fsp3) is 0.105. The Balaban J connectivity index is 2.05. The molecule has 0 radical (unpaired) electrons. The molecule has 1 amide bonds. The van der Waals surface area contributed by atoms with Crippen LogP contribution in [0.15, 0.2) is 53.3 Å². The van der Waals surface area contributed by atoms with E-state index in [9.17, 15) is 19.7 Å². The van der Waals surface area contributed by atoms with E-state index in [1.807, 2.05) is 6.92 Å². The second-order valence-electron chi connectivity index (χ2n) is 6.07. The molecule has 0 saturated carbocycles. The first-order valence-electron chi connectivity index (χ1n) is 8.20. The molecule has 0 unspecified atom stereocenters. The summed E-state index contributed by atoms with van der Waals surface area (Å²) in [6.07, 6.45) is 0. The van der Waals surface area contributed by atoms with Crippen molar-refractivity contribution in [3.05, 3.63) is 90.8 Å². The van der Waals surface area contributed by atoms with Gasteiger partial charge in [-0.25, -0.2) is 4.68 Å². The highest BCUT2D eigenvalue weighted by Crippen LogP contribution is 2.23. The van der Waals surface area contributed by atoms with Gasteiger partial charge in [0.1, 0.15) is 5.69 Å². The molecule has 0 saturated heterocycles. The van der Waals surface area contributed by atoms with Crippen molar-refractivity contribution in [3.63, 3.8) is 0 Å². The van der Waals surface area contributed by atoms with Crippen molar-refractivity contribution in [1.29, 1.82) is 0 Å². The number of aromatic nitrogens is 2. The summed E-state index contributed by atoms with van der Waals surface area (Å²) >= 11 is 6.05. The van der Waals surface area contributed by atoms with Gasteiger partial charge in [-0.15, -0.1) is 0 Å². The van der Waals surface area contributed by atoms with E-state index in [1.165, 1.54) is 28.9 Å². The van der Waals surface area contributed by atoms with Crippen LogP contribution in [-0.2, 0) is 0 Å². The second-order valence-corrected chi connectivity index (χ2v) is 6.48. The summed E-state index contributed by atoms with van der Waals surface area (Å²) in [4.78, 5) is 35.6. The van der Waals surface area contributed by atoms with Gasteiger partial charge in [-0.2, -0.15) is 5.10 Å². The maximum Gasteiger partial charge on any atom is 0.294 e. The smallest absolute Gasteiger partial charge is 0.294 e. The quantitative estimate of drug-likeness (QED) is 0.533. The molecule has 0 bridgehead atoms. The largest absolute Gasteiger partial charge is 0.320 e. The van der Waals surface area contributed by atoms with Gasteiger partial charge in [0.2, 0.25) is 5.43 Å². The molecule has 0 aliphatic heterocycles. The first-order chi connectivity index (χ1) is 13.3. The molecule has 1 heterocycles. The Morgan fingerprint density at radius 2 is 1.89 bits per heavy atom. The van der Waals surface area contributed by atoms with Crippen LogP contribution in [0.25, 0.3) is 5.69 Å². The van der Waals surface area contributed by atoms with Gasteiger partial charge >= 0.3 is 0 Å². The van der Waals surface area contributed by atoms with Gasteiger partial charge in [-0.1, -0.05) is 29.8 Å². The van der Waals surface area contributed by atoms with E-state index < -0.39 is 16.3 Å². The van der Waals surface area contributed by atoms with E-state index in [0.29, 0.717) is 16.4 Å². The second kappa shape index (κ2) is 7.61. The molecule has 0 fully saturated rings. The van der Waals surface area contributed by atoms with Crippen molar-refractivity contribution in [1.82, 2.24) is 9.78 Å². The van der Waals surface area contributed by atoms with Crippen LogP contribution < -0.4 is 10.7 Å². The number of nitrogens with zero attached hydrogens (tertiary/aromatic N) is 3. The van der Waals surface area contributed by atoms with E-state index in [-0.39, 0.29) is 17.1 Å². The minimum Gasteiger partial charge on any atom is -0.320 e. The number of aryl methyl sites for hydroxylation is 2. The molecule has 0 aliphatic carbocycles. The highest BCUT2D eigenvalue weighted by Gasteiger charge is 2.20. The Kier molecular flexibility index (Phi) is 5.23. The molecule has 3 rings (SSSR count). The summed E-state index contributed by atoms with van der Waals surface area (Å²) in [5.74, 6) is -0.739. The minimum atomic E-state index is -0.739. The Morgan fingerprint density at radius 1 is 1.18 bits per heavy atom. The molecule has 0 spiro atoms. The van der Waals surface area contributed by atoms with E-state index in [4.69, 9.17) is 11.6 Å². The van der Waals surface area contributed by atoms with Crippen LogP contribution in [0.3, 0.4) is 0 Å². The van der Waals surface area contributed by atoms with Crippen LogP contribution in [0.1, 0.15) is 21.7 Å². The number of carbonyl (C=O) groups excluding carboxylic acids is 1. The molecule has 8 nitrogen and oxygen atoms in total. The van der Waals surface area contributed by atoms with Gasteiger partial charge in [0.25, 0.3) is 11.6 Å². The highest BCUT2D eigenvalue weighted by atomic mass is 35.5. The van der Waals surface area contributed by atoms with Gasteiger partial charge in [0, 0.05) is 28.5 Å². The van der Waals surface area contributed by atoms with Crippen molar-refractivity contribution in [2.24, 2.45) is 0 Å². The average molecular weight is 399 g/mol. The predicted molar refractivity (Wildman–Crippen MR) is 105 cm³/mol. The van der Waals surface area contributed by atoms with Crippen molar-refractivity contribution in [3.8, 4) is 5.69 Å². The maximum atomic E-state index is 12.6. The number of hydrogen-bond acceptors (Lipinski definition) is 5. The number of carbonyl (C=O) groups is 1. The Morgan fingerprint density at radius 3 is 2.57 bits per heavy atom. The molecule has 2 aromatic carbocycles. The van der Waals surface area contributed by atoms with Gasteiger partial charge in [-0.3, -0.25) is 19.7 Å². The zero-order valence-corrected chi connectivity index (χ0v) is 15.7. The average Bonchev–Trinajstić information content (AvgIpc) is 2.64. The van der Waals surface area contributed by atoms with Crippen LogP contribution in [0.5, 0.6) is 0 Å². The van der Waals surface area contributed by atoms with Crippen molar-refractivity contribution < 1.29 is 9.72 Å². The normalized spacial score (nSPS) is 10.5. The van der Waals surface area contributed by atoms with Crippen LogP contribution in [0.4, 0.5) is 11.4 Å². The summed E-state index contributed by atoms with van der Waals surface area (Å²) in [5.41, 5.74) is 0.570. The van der Waals surface area contributed by atoms with Gasteiger partial charge in [0.05, 0.1) is 4.92 Å². The SMILES string of the molecule is Cc1ccc(NC(=O)c2nn(-c3ccccc3[N+](=O)[O-])c(C)cc2=O)cc1Cl. The third-order valence-electron chi connectivity index (χ3n) is 4.06. The van der Waals surface area contributed by atoms with Gasteiger partial charge in [-0.05, 0) is 37.6 Å². The van der Waals surface area contributed by atoms with E-state index in [2.05, 4.69) is 10.4 Å². The number of para-hydroxylation sites is 2. The molecule has 0 aliphatic rings. The highest BCUT2D eigenvalue weighted by molar-refractivity contribution is 6.31. The fourth-order valence-electron chi connectivity index (χ4n) is 2.61. The van der Waals surface area contributed by atoms with Crippen LogP contribution in [0.2, 0.25) is 5.02 Å². The van der Waals surface area contributed by atoms with Gasteiger partial charge in [0.15, 0.2) is 5.69 Å². The Bertz CT molecular complexity index is 1160. The molecule has 9 heteroatoms. The minimum absolute atomic E-state index is 0.150. The number of benzene rings is 2. The topological polar surface area (TPSA) is 107 Å². The number of hydrogen-bond donors (Lipinski definition) is 1. The third kappa shape index (κ3) is 3.77. The van der Waals surface area contributed by atoms with Crippen molar-refractivity contribution >= 4 is 28.9 Å². The number of nitro groups is 1. The number of halogens is 1. The molecular weight excluding hydrogens is 384 g/mol. The lowest BCUT2D eigenvalue weighted by atomic mass is 10.2. The molecule has 1 aromatic heterocycles. The number of rotatable bonds is 4. The fourth-order valence-corrected chi connectivity index (χ4v) is 2.79. The van der Waals surface area contributed by atoms with Crippen LogP contribution in [-0.4, -0.2) is 20.6 Å². The molecule has 3 aromatic rings. The summed E-state index contributed by atoms with van der Waals surface area (Å²) in [6.45, 7) is 3.40. The number of nitro benzene ring substituents is 1. The maximum absolute atomic E-state index is 12.6. The Hall–Kier alpha value is -3.52. The van der Waals surface area contributed by atoms with E-state index >= 15 is 0 Å². The third-order valence-corrected chi connectivity index (χ3v) is 4.47. The van der Waals surface area contributed by atoms with Crippen molar-refractivity contribution in [2.75, 3.05) is 5.32 Å². The summed E-state index contributed by atoms with van der Waals surface area (Å²) in [5, 5.41) is 18.4. The number of amides is 1. The molecular formula is C19H15ClN4O4. The summed E-state index contributed by atoms with van der Waals surface area (Å²) in [6, 6.07) is 12.1. The lowest BCUT2D eigenvalue weighted by Gasteiger charge is -2.12. The molecule has 28 heavy (non-hydrogen) atoms. The number of nitrogens with one attached hydrogen (secondary N) is 1. The lowest BCUT2D eigenvalue weighted by Crippen LogP contribution is -2.27. The van der Waals surface area contributed by atoms with Crippen LogP contribution >= 0.6 is 11.6 Å². The summed E-state index contributed by atoms with van der Waals surface area (Å²) in [7, 11) is 0. The van der Waals surface area contributed by atoms with Crippen molar-refractivity contribution in [2.45, 2.75) is 13.8 Å². The zero-order valence-electron chi connectivity index (χ0n) is 15.0. The first-order valence-corrected chi connectivity index (χ1v) is 8.58. The standard InChI is InChI=1S/C19H15ClN4O4/c1-11-7-8-13(10-14(11)20)21-19(26)18-17(25)9-12(2)23(22-18)15-5-3-4-6-16(15)24(27)28/h3-10H,1-2H3,(H,21,26). The lowest BCUT2D eigenvalue weighted by molar-refractivity contribution is -0.384. The van der Waals surface area contributed by atoms with Crippen LogP contribution in [0, 0.1) is 24.0 Å². The predicted octanol–water partition coefficient (Wildman–Crippen LogP) is 3.66. The van der Waals surface area contributed by atoms with Gasteiger partial charge < -0.3 is 5.32 Å². The molecule has 1 N–H and O–H groups in total. The molecule has 142 valence electrons. The Labute approximate surface area is 164 Å². The summed E-state index contributed by atoms with van der Waals surface area (Å²) < 4.78 is 1.20. The zero-order chi connectivity index (χ0) is 20.4. The first kappa shape index (κ1) is 19.2. The number of anilines is 1. The van der Waals surface area contributed by atoms with E-state index in [0.717, 1.165) is 5.56 Å².